The van der Waals surface area contributed by atoms with Crippen LogP contribution in [0.15, 0.2) is 29.2 Å². The molecule has 0 amide bonds. The maximum atomic E-state index is 11.6. The minimum Gasteiger partial charge on any atom is -0.480 e. The van der Waals surface area contributed by atoms with Crippen LogP contribution in [0.4, 0.5) is 0 Å². The quantitative estimate of drug-likeness (QED) is 0.504. The molecule has 0 spiro atoms. The zero-order chi connectivity index (χ0) is 15.7. The van der Waals surface area contributed by atoms with Crippen molar-refractivity contribution in [3.63, 3.8) is 0 Å². The fraction of sp³-hybridized carbons (Fsp3) is 0.588. The number of thioether (sulfide) groups is 1. The van der Waals surface area contributed by atoms with Gasteiger partial charge in [0.05, 0.1) is 0 Å². The van der Waals surface area contributed by atoms with Crippen LogP contribution in [-0.4, -0.2) is 28.9 Å². The highest BCUT2D eigenvalue weighted by molar-refractivity contribution is 7.99. The number of rotatable bonds is 10. The van der Waals surface area contributed by atoms with E-state index in [1.807, 2.05) is 30.8 Å². The third-order valence-electron chi connectivity index (χ3n) is 3.83. The Balaban J connectivity index is 2.50. The lowest BCUT2D eigenvalue weighted by atomic mass is 9.90. The molecule has 1 atom stereocenters. The number of nitrogens with one attached hydrogen (secondary N) is 1. The fourth-order valence-electron chi connectivity index (χ4n) is 2.36. The predicted octanol–water partition coefficient (Wildman–Crippen LogP) is 4.10. The van der Waals surface area contributed by atoms with Gasteiger partial charge in [0.15, 0.2) is 0 Å². The van der Waals surface area contributed by atoms with Crippen molar-refractivity contribution < 1.29 is 9.90 Å². The second-order valence-corrected chi connectivity index (χ2v) is 6.52. The number of hydrogen-bond donors (Lipinski definition) is 2. The van der Waals surface area contributed by atoms with E-state index in [4.69, 9.17) is 0 Å². The van der Waals surface area contributed by atoms with E-state index >= 15 is 0 Å². The van der Waals surface area contributed by atoms with Gasteiger partial charge >= 0.3 is 5.97 Å². The monoisotopic (exact) mass is 309 g/mol. The molecule has 1 aromatic rings. The van der Waals surface area contributed by atoms with Crippen molar-refractivity contribution in [2.24, 2.45) is 0 Å². The maximum Gasteiger partial charge on any atom is 0.323 e. The van der Waals surface area contributed by atoms with Crippen LogP contribution in [0, 0.1) is 6.92 Å². The summed E-state index contributed by atoms with van der Waals surface area (Å²) < 4.78 is 0. The van der Waals surface area contributed by atoms with Crippen LogP contribution >= 0.6 is 11.8 Å². The summed E-state index contributed by atoms with van der Waals surface area (Å²) in [5.74, 6) is 0.229. The lowest BCUT2D eigenvalue weighted by molar-refractivity contribution is -0.145. The van der Waals surface area contributed by atoms with Gasteiger partial charge in [0.25, 0.3) is 0 Å². The first kappa shape index (κ1) is 18.1. The highest BCUT2D eigenvalue weighted by atomic mass is 32.2. The van der Waals surface area contributed by atoms with Crippen molar-refractivity contribution >= 4 is 17.7 Å². The number of aryl methyl sites for hydroxylation is 1. The van der Waals surface area contributed by atoms with Crippen LogP contribution < -0.4 is 5.32 Å². The van der Waals surface area contributed by atoms with Gasteiger partial charge in [-0.25, -0.2) is 0 Å². The maximum absolute atomic E-state index is 11.6. The van der Waals surface area contributed by atoms with Gasteiger partial charge in [0.1, 0.15) is 5.54 Å². The molecule has 0 radical (unpaired) electrons. The average Bonchev–Trinajstić information content (AvgIpc) is 2.48. The third-order valence-corrected chi connectivity index (χ3v) is 5.09. The highest BCUT2D eigenvalue weighted by Gasteiger charge is 2.35. The van der Waals surface area contributed by atoms with Crippen LogP contribution in [0.3, 0.4) is 0 Å². The second-order valence-electron chi connectivity index (χ2n) is 5.39. The molecule has 1 unspecified atom stereocenters. The Morgan fingerprint density at radius 1 is 1.33 bits per heavy atom. The SMILES string of the molecule is CCCNC(CC)(CCCSc1ccccc1C)C(=O)O. The van der Waals surface area contributed by atoms with Gasteiger partial charge < -0.3 is 10.4 Å². The van der Waals surface area contributed by atoms with Crippen molar-refractivity contribution in [2.75, 3.05) is 12.3 Å². The van der Waals surface area contributed by atoms with E-state index in [9.17, 15) is 9.90 Å². The van der Waals surface area contributed by atoms with Crippen molar-refractivity contribution in [1.29, 1.82) is 0 Å². The zero-order valence-corrected chi connectivity index (χ0v) is 14.1. The lowest BCUT2D eigenvalue weighted by Gasteiger charge is -2.29. The number of hydrogen-bond acceptors (Lipinski definition) is 3. The number of aliphatic carboxylic acids is 1. The van der Waals surface area contributed by atoms with E-state index in [1.54, 1.807) is 0 Å². The Morgan fingerprint density at radius 2 is 2.05 bits per heavy atom. The standard InChI is InChI=1S/C17H27NO2S/c1-4-12-18-17(5-2,16(19)20)11-8-13-21-15-10-7-6-9-14(15)3/h6-7,9-10,18H,4-5,8,11-13H2,1-3H3,(H,19,20). The second kappa shape index (κ2) is 9.11. The van der Waals surface area contributed by atoms with Crippen molar-refractivity contribution in [3.05, 3.63) is 29.8 Å². The molecule has 0 bridgehead atoms. The van der Waals surface area contributed by atoms with Crippen LogP contribution in [0.5, 0.6) is 0 Å². The Kier molecular flexibility index (Phi) is 7.83. The van der Waals surface area contributed by atoms with Gasteiger partial charge in [0, 0.05) is 4.90 Å². The number of carbonyl (C=O) groups is 1. The first-order valence-corrected chi connectivity index (χ1v) is 8.71. The summed E-state index contributed by atoms with van der Waals surface area (Å²) in [5, 5.41) is 12.8. The largest absolute Gasteiger partial charge is 0.480 e. The Morgan fingerprint density at radius 3 is 2.62 bits per heavy atom. The summed E-state index contributed by atoms with van der Waals surface area (Å²) in [7, 11) is 0. The molecule has 0 aliphatic carbocycles. The molecule has 118 valence electrons. The molecule has 1 rings (SSSR count). The molecule has 0 fully saturated rings. The van der Waals surface area contributed by atoms with E-state index < -0.39 is 11.5 Å². The fourth-order valence-corrected chi connectivity index (χ4v) is 3.34. The Bertz CT molecular complexity index is 450. The normalized spacial score (nSPS) is 13.9. The molecular weight excluding hydrogens is 282 g/mol. The molecule has 1 aromatic carbocycles. The number of carboxylic acid groups (broad SMARTS) is 1. The van der Waals surface area contributed by atoms with Crippen molar-refractivity contribution in [3.8, 4) is 0 Å². The molecule has 2 N–H and O–H groups in total. The Labute approximate surface area is 132 Å². The molecule has 0 saturated carbocycles. The molecule has 4 heteroatoms. The van der Waals surface area contributed by atoms with Gasteiger partial charge in [-0.3, -0.25) is 4.79 Å². The van der Waals surface area contributed by atoms with Crippen LogP contribution in [0.1, 0.15) is 45.1 Å². The Hall–Kier alpha value is -1.00. The van der Waals surface area contributed by atoms with Gasteiger partial charge in [-0.2, -0.15) is 0 Å². The molecule has 0 aliphatic rings. The smallest absolute Gasteiger partial charge is 0.323 e. The van der Waals surface area contributed by atoms with Crippen molar-refractivity contribution in [2.45, 2.75) is 56.9 Å². The van der Waals surface area contributed by atoms with Gasteiger partial charge in [-0.15, -0.1) is 11.8 Å². The lowest BCUT2D eigenvalue weighted by Crippen LogP contribution is -2.52. The summed E-state index contributed by atoms with van der Waals surface area (Å²) in [5.41, 5.74) is 0.522. The van der Waals surface area contributed by atoms with E-state index in [2.05, 4.69) is 31.3 Å². The summed E-state index contributed by atoms with van der Waals surface area (Å²) in [6.07, 6.45) is 3.15. The van der Waals surface area contributed by atoms with E-state index in [0.717, 1.165) is 25.1 Å². The molecule has 0 aromatic heterocycles. The molecule has 3 nitrogen and oxygen atoms in total. The molecule has 0 aliphatic heterocycles. The molecule has 0 heterocycles. The zero-order valence-electron chi connectivity index (χ0n) is 13.3. The van der Waals surface area contributed by atoms with Crippen LogP contribution in [0.2, 0.25) is 0 Å². The van der Waals surface area contributed by atoms with Gasteiger partial charge in [0.2, 0.25) is 0 Å². The number of benzene rings is 1. The first-order chi connectivity index (χ1) is 10.1. The van der Waals surface area contributed by atoms with Gasteiger partial charge in [-0.05, 0) is 56.5 Å². The summed E-state index contributed by atoms with van der Waals surface area (Å²) in [4.78, 5) is 12.9. The molecular formula is C17H27NO2S. The first-order valence-electron chi connectivity index (χ1n) is 7.72. The van der Waals surface area contributed by atoms with Crippen molar-refractivity contribution in [1.82, 2.24) is 5.32 Å². The topological polar surface area (TPSA) is 49.3 Å². The minimum absolute atomic E-state index is 0.622. The summed E-state index contributed by atoms with van der Waals surface area (Å²) in [6.45, 7) is 6.87. The number of carboxylic acids is 1. The third kappa shape index (κ3) is 5.36. The summed E-state index contributed by atoms with van der Waals surface area (Å²) >= 11 is 1.81. The molecule has 21 heavy (non-hydrogen) atoms. The van der Waals surface area contributed by atoms with E-state index in [1.165, 1.54) is 10.5 Å². The van der Waals surface area contributed by atoms with E-state index in [0.29, 0.717) is 12.8 Å². The van der Waals surface area contributed by atoms with Gasteiger partial charge in [-0.1, -0.05) is 32.0 Å². The minimum atomic E-state index is -0.762. The average molecular weight is 309 g/mol. The highest BCUT2D eigenvalue weighted by Crippen LogP contribution is 2.25. The molecule has 0 saturated heterocycles. The summed E-state index contributed by atoms with van der Waals surface area (Å²) in [6, 6.07) is 8.32. The van der Waals surface area contributed by atoms with Crippen LogP contribution in [-0.2, 0) is 4.79 Å². The van der Waals surface area contributed by atoms with Crippen LogP contribution in [0.25, 0.3) is 0 Å². The predicted molar refractivity (Wildman–Crippen MR) is 90.1 cm³/mol. The van der Waals surface area contributed by atoms with E-state index in [-0.39, 0.29) is 0 Å².